The van der Waals surface area contributed by atoms with E-state index < -0.39 is 0 Å². The van der Waals surface area contributed by atoms with Gasteiger partial charge in [-0.05, 0) is 38.2 Å². The molecule has 0 aliphatic rings. The first-order chi connectivity index (χ1) is 11.3. The van der Waals surface area contributed by atoms with E-state index in [2.05, 4.69) is 10.4 Å². The highest BCUT2D eigenvalue weighted by Gasteiger charge is 2.21. The van der Waals surface area contributed by atoms with Crippen LogP contribution in [-0.2, 0) is 0 Å². The van der Waals surface area contributed by atoms with Crippen LogP contribution >= 0.6 is 23.2 Å². The Hall–Kier alpha value is -1.56. The zero-order valence-corrected chi connectivity index (χ0v) is 15.8. The van der Waals surface area contributed by atoms with E-state index in [4.69, 9.17) is 23.2 Å². The molecule has 0 saturated carbocycles. The van der Waals surface area contributed by atoms with Gasteiger partial charge in [-0.1, -0.05) is 37.0 Å². The molecule has 7 heteroatoms. The van der Waals surface area contributed by atoms with Crippen LogP contribution in [0.3, 0.4) is 0 Å². The molecule has 1 heterocycles. The van der Waals surface area contributed by atoms with Crippen molar-refractivity contribution >= 4 is 29.1 Å². The highest BCUT2D eigenvalue weighted by atomic mass is 35.5. The highest BCUT2D eigenvalue weighted by molar-refractivity contribution is 6.42. The van der Waals surface area contributed by atoms with Crippen LogP contribution in [0.4, 0.5) is 0 Å². The molecule has 2 rings (SSSR count). The van der Waals surface area contributed by atoms with Crippen molar-refractivity contribution in [1.82, 2.24) is 20.0 Å². The molecule has 1 aromatic heterocycles. The monoisotopic (exact) mass is 368 g/mol. The van der Waals surface area contributed by atoms with Gasteiger partial charge in [-0.2, -0.15) is 5.10 Å². The minimum atomic E-state index is -0.119. The number of hydrogen-bond donors (Lipinski definition) is 1. The first kappa shape index (κ1) is 18.8. The fourth-order valence-electron chi connectivity index (χ4n) is 2.40. The second-order valence-electron chi connectivity index (χ2n) is 6.17. The Bertz CT molecular complexity index is 725. The second-order valence-corrected chi connectivity index (χ2v) is 6.98. The maximum absolute atomic E-state index is 12.5. The van der Waals surface area contributed by atoms with Gasteiger partial charge in [0.15, 0.2) is 0 Å². The van der Waals surface area contributed by atoms with Crippen molar-refractivity contribution in [2.45, 2.75) is 19.8 Å². The zero-order chi connectivity index (χ0) is 17.9. The Labute approximate surface area is 152 Å². The predicted molar refractivity (Wildman–Crippen MR) is 98.6 cm³/mol. The van der Waals surface area contributed by atoms with Crippen molar-refractivity contribution in [1.29, 1.82) is 0 Å². The maximum atomic E-state index is 12.5. The topological polar surface area (TPSA) is 50.2 Å². The smallest absolute Gasteiger partial charge is 0.254 e. The second kappa shape index (κ2) is 8.01. The van der Waals surface area contributed by atoms with Crippen molar-refractivity contribution in [3.05, 3.63) is 45.7 Å². The van der Waals surface area contributed by atoms with Crippen molar-refractivity contribution in [2.75, 3.05) is 27.2 Å². The average molecular weight is 369 g/mol. The lowest BCUT2D eigenvalue weighted by Gasteiger charge is -2.14. The number of carbonyl (C=O) groups is 1. The number of carbonyl (C=O) groups excluding carboxylic acids is 1. The lowest BCUT2D eigenvalue weighted by Crippen LogP contribution is -2.31. The molecule has 0 atom stereocenters. The summed E-state index contributed by atoms with van der Waals surface area (Å²) in [5, 5.41) is 8.26. The van der Waals surface area contributed by atoms with Crippen molar-refractivity contribution in [3.63, 3.8) is 0 Å². The standard InChI is InChI=1S/C17H22Cl2N4O/c1-11(2)16-13(17(24)20-7-8-22(3)4)10-21-23(16)12-5-6-14(18)15(19)9-12/h5-6,9-11H,7-8H2,1-4H3,(H,20,24). The van der Waals surface area contributed by atoms with Gasteiger partial charge in [0.25, 0.3) is 5.91 Å². The van der Waals surface area contributed by atoms with Gasteiger partial charge in [0, 0.05) is 13.1 Å². The van der Waals surface area contributed by atoms with E-state index in [1.807, 2.05) is 38.9 Å². The van der Waals surface area contributed by atoms with Gasteiger partial charge < -0.3 is 10.2 Å². The number of halogens is 2. The molecule has 0 unspecified atom stereocenters. The average Bonchev–Trinajstić information content (AvgIpc) is 2.94. The summed E-state index contributed by atoms with van der Waals surface area (Å²) in [4.78, 5) is 14.5. The van der Waals surface area contributed by atoms with E-state index in [1.54, 1.807) is 23.0 Å². The largest absolute Gasteiger partial charge is 0.351 e. The zero-order valence-electron chi connectivity index (χ0n) is 14.3. The molecule has 0 spiro atoms. The predicted octanol–water partition coefficient (Wildman–Crippen LogP) is 3.59. The molecule has 24 heavy (non-hydrogen) atoms. The van der Waals surface area contributed by atoms with Crippen LogP contribution in [0.1, 0.15) is 35.8 Å². The summed E-state index contributed by atoms with van der Waals surface area (Å²) in [6.07, 6.45) is 1.60. The summed E-state index contributed by atoms with van der Waals surface area (Å²) < 4.78 is 1.74. The van der Waals surface area contributed by atoms with Crippen LogP contribution < -0.4 is 5.32 Å². The SMILES string of the molecule is CC(C)c1c(C(=O)NCCN(C)C)cnn1-c1ccc(Cl)c(Cl)c1. The van der Waals surface area contributed by atoms with Gasteiger partial charge in [-0.3, -0.25) is 4.79 Å². The normalized spacial score (nSPS) is 11.3. The third-order valence-corrected chi connectivity index (χ3v) is 4.33. The number of benzene rings is 1. The molecule has 0 aliphatic heterocycles. The summed E-state index contributed by atoms with van der Waals surface area (Å²) in [6, 6.07) is 5.30. The summed E-state index contributed by atoms with van der Waals surface area (Å²) in [6.45, 7) is 5.42. The number of hydrogen-bond acceptors (Lipinski definition) is 3. The number of nitrogens with zero attached hydrogens (tertiary/aromatic N) is 3. The van der Waals surface area contributed by atoms with Crippen molar-refractivity contribution in [3.8, 4) is 5.69 Å². The minimum Gasteiger partial charge on any atom is -0.351 e. The molecule has 0 aliphatic carbocycles. The van der Waals surface area contributed by atoms with Crippen LogP contribution in [0.5, 0.6) is 0 Å². The molecule has 1 N–H and O–H groups in total. The summed E-state index contributed by atoms with van der Waals surface area (Å²) in [5.74, 6) is 0.00316. The van der Waals surface area contributed by atoms with Gasteiger partial charge in [-0.25, -0.2) is 4.68 Å². The van der Waals surface area contributed by atoms with E-state index >= 15 is 0 Å². The molecule has 0 saturated heterocycles. The molecule has 2 aromatic rings. The Morgan fingerprint density at radius 3 is 2.58 bits per heavy atom. The fourth-order valence-corrected chi connectivity index (χ4v) is 2.69. The van der Waals surface area contributed by atoms with Crippen LogP contribution in [-0.4, -0.2) is 47.8 Å². The molecule has 0 radical (unpaired) electrons. The Morgan fingerprint density at radius 1 is 1.29 bits per heavy atom. The van der Waals surface area contributed by atoms with Crippen LogP contribution in [0.2, 0.25) is 10.0 Å². The molecule has 1 aromatic carbocycles. The molecule has 0 bridgehead atoms. The third-order valence-electron chi connectivity index (χ3n) is 3.59. The number of aromatic nitrogens is 2. The Balaban J connectivity index is 2.33. The molecule has 0 fully saturated rings. The highest BCUT2D eigenvalue weighted by Crippen LogP contribution is 2.28. The van der Waals surface area contributed by atoms with Crippen LogP contribution in [0.25, 0.3) is 5.69 Å². The molecule has 130 valence electrons. The summed E-state index contributed by atoms with van der Waals surface area (Å²) in [5.41, 5.74) is 2.20. The first-order valence-electron chi connectivity index (χ1n) is 7.77. The van der Waals surface area contributed by atoms with Gasteiger partial charge >= 0.3 is 0 Å². The maximum Gasteiger partial charge on any atom is 0.254 e. The van der Waals surface area contributed by atoms with E-state index in [1.165, 1.54) is 0 Å². The minimum absolute atomic E-state index is 0.119. The number of nitrogens with one attached hydrogen (secondary N) is 1. The third kappa shape index (κ3) is 4.29. The van der Waals surface area contributed by atoms with Gasteiger partial charge in [0.2, 0.25) is 0 Å². The van der Waals surface area contributed by atoms with Gasteiger partial charge in [-0.15, -0.1) is 0 Å². The summed E-state index contributed by atoms with van der Waals surface area (Å²) in [7, 11) is 3.93. The molecule has 1 amide bonds. The lowest BCUT2D eigenvalue weighted by molar-refractivity contribution is 0.0949. The van der Waals surface area contributed by atoms with E-state index in [0.29, 0.717) is 22.2 Å². The van der Waals surface area contributed by atoms with Crippen molar-refractivity contribution < 1.29 is 4.79 Å². The fraction of sp³-hybridized carbons (Fsp3) is 0.412. The van der Waals surface area contributed by atoms with Crippen LogP contribution in [0, 0.1) is 0 Å². The Morgan fingerprint density at radius 2 is 2.00 bits per heavy atom. The van der Waals surface area contributed by atoms with E-state index in [9.17, 15) is 4.79 Å². The molecular formula is C17H22Cl2N4O. The number of likely N-dealkylation sites (N-methyl/N-ethyl adjacent to an activating group) is 1. The number of amides is 1. The van der Waals surface area contributed by atoms with Crippen molar-refractivity contribution in [2.24, 2.45) is 0 Å². The first-order valence-corrected chi connectivity index (χ1v) is 8.53. The molecule has 5 nitrogen and oxygen atoms in total. The van der Waals surface area contributed by atoms with Crippen LogP contribution in [0.15, 0.2) is 24.4 Å². The van der Waals surface area contributed by atoms with E-state index in [0.717, 1.165) is 17.9 Å². The van der Waals surface area contributed by atoms with Gasteiger partial charge in [0.1, 0.15) is 0 Å². The number of rotatable bonds is 6. The molecular weight excluding hydrogens is 347 g/mol. The lowest BCUT2D eigenvalue weighted by atomic mass is 10.1. The summed E-state index contributed by atoms with van der Waals surface area (Å²) >= 11 is 12.1. The Kier molecular flexibility index (Phi) is 6.27. The van der Waals surface area contributed by atoms with E-state index in [-0.39, 0.29) is 11.8 Å². The quantitative estimate of drug-likeness (QED) is 0.847. The van der Waals surface area contributed by atoms with Gasteiger partial charge in [0.05, 0.1) is 33.2 Å².